The number of imide groups is 1. The van der Waals surface area contributed by atoms with Crippen LogP contribution in [0.3, 0.4) is 0 Å². The number of amides is 3. The number of anilines is 2. The van der Waals surface area contributed by atoms with E-state index in [1.54, 1.807) is 17.0 Å². The molecular weight excluding hydrogens is 424 g/mol. The first-order valence-corrected chi connectivity index (χ1v) is 12.1. The molecule has 1 aromatic carbocycles. The Morgan fingerprint density at radius 1 is 1.06 bits per heavy atom. The van der Waals surface area contributed by atoms with Crippen LogP contribution in [0.15, 0.2) is 18.2 Å². The van der Waals surface area contributed by atoms with Gasteiger partial charge in [-0.15, -0.1) is 0 Å². The number of nitro groups is 1. The number of rotatable bonds is 6. The third kappa shape index (κ3) is 4.20. The van der Waals surface area contributed by atoms with E-state index < -0.39 is 4.92 Å². The number of nitrogens with zero attached hydrogens (tertiary/aromatic N) is 4. The van der Waals surface area contributed by atoms with Crippen LogP contribution >= 0.6 is 0 Å². The molecule has 0 spiro atoms. The van der Waals surface area contributed by atoms with Crippen LogP contribution in [0.25, 0.3) is 0 Å². The fourth-order valence-corrected chi connectivity index (χ4v) is 5.67. The van der Waals surface area contributed by atoms with Gasteiger partial charge in [0.25, 0.3) is 5.69 Å². The lowest BCUT2D eigenvalue weighted by molar-refractivity contribution is -0.384. The van der Waals surface area contributed by atoms with E-state index in [-0.39, 0.29) is 46.9 Å². The van der Waals surface area contributed by atoms with E-state index in [9.17, 15) is 24.5 Å². The molecule has 3 amide bonds. The van der Waals surface area contributed by atoms with E-state index >= 15 is 0 Å². The molecule has 0 N–H and O–H groups in total. The summed E-state index contributed by atoms with van der Waals surface area (Å²) in [6, 6.07) is 4.60. The SMILES string of the molecule is CCN(CC)C(=O)[C@@H]1CCCN(c2ccc(N3C(=O)[C@H]4CCCC[C@@H]4C3=O)cc2[N+](=O)[O-])C1. The van der Waals surface area contributed by atoms with Crippen molar-refractivity contribution < 1.29 is 19.3 Å². The maximum absolute atomic E-state index is 12.9. The molecule has 1 aromatic rings. The minimum absolute atomic E-state index is 0.0832. The van der Waals surface area contributed by atoms with Gasteiger partial charge in [0.15, 0.2) is 0 Å². The van der Waals surface area contributed by atoms with Gasteiger partial charge in [0, 0.05) is 32.2 Å². The Morgan fingerprint density at radius 3 is 2.27 bits per heavy atom. The lowest BCUT2D eigenvalue weighted by atomic mass is 9.81. The molecule has 9 nitrogen and oxygen atoms in total. The number of carbonyl (C=O) groups excluding carboxylic acids is 3. The van der Waals surface area contributed by atoms with Crippen LogP contribution in [0.2, 0.25) is 0 Å². The summed E-state index contributed by atoms with van der Waals surface area (Å²) in [5, 5.41) is 12.0. The molecule has 3 atom stereocenters. The van der Waals surface area contributed by atoms with Crippen molar-refractivity contribution in [2.24, 2.45) is 17.8 Å². The predicted octanol–water partition coefficient (Wildman–Crippen LogP) is 3.36. The van der Waals surface area contributed by atoms with E-state index in [0.29, 0.717) is 44.7 Å². The van der Waals surface area contributed by atoms with Crippen LogP contribution in [0.5, 0.6) is 0 Å². The molecule has 2 aliphatic heterocycles. The van der Waals surface area contributed by atoms with Gasteiger partial charge in [-0.1, -0.05) is 12.8 Å². The third-order valence-electron chi connectivity index (χ3n) is 7.44. The summed E-state index contributed by atoms with van der Waals surface area (Å²) in [4.78, 5) is 55.1. The maximum Gasteiger partial charge on any atom is 0.294 e. The first-order valence-electron chi connectivity index (χ1n) is 12.1. The highest BCUT2D eigenvalue weighted by Gasteiger charge is 2.49. The van der Waals surface area contributed by atoms with E-state index in [1.165, 1.54) is 6.07 Å². The van der Waals surface area contributed by atoms with Crippen molar-refractivity contribution in [3.05, 3.63) is 28.3 Å². The highest BCUT2D eigenvalue weighted by Crippen LogP contribution is 2.42. The standard InChI is InChI=1S/C24H32N4O5/c1-3-25(4-2)22(29)16-8-7-13-26(15-16)20-12-11-17(14-21(20)28(32)33)27-23(30)18-9-5-6-10-19(18)24(27)31/h11-12,14,16,18-19H,3-10,13,15H2,1-2H3/t16-,18+,19+/m1/s1. The van der Waals surface area contributed by atoms with Crippen LogP contribution in [0, 0.1) is 27.9 Å². The number of piperidine rings is 1. The van der Waals surface area contributed by atoms with Crippen molar-refractivity contribution in [3.63, 3.8) is 0 Å². The molecule has 33 heavy (non-hydrogen) atoms. The van der Waals surface area contributed by atoms with Crippen LogP contribution in [-0.4, -0.2) is 53.7 Å². The number of carbonyl (C=O) groups is 3. The van der Waals surface area contributed by atoms with Gasteiger partial charge >= 0.3 is 0 Å². The lowest BCUT2D eigenvalue weighted by Crippen LogP contribution is -2.45. The molecule has 2 saturated heterocycles. The Bertz CT molecular complexity index is 936. The largest absolute Gasteiger partial charge is 0.365 e. The molecule has 0 aromatic heterocycles. The summed E-state index contributed by atoms with van der Waals surface area (Å²) in [5.41, 5.74) is 0.554. The Labute approximate surface area is 193 Å². The zero-order valence-electron chi connectivity index (χ0n) is 19.4. The smallest absolute Gasteiger partial charge is 0.294 e. The molecule has 178 valence electrons. The van der Waals surface area contributed by atoms with Crippen molar-refractivity contribution in [1.29, 1.82) is 0 Å². The van der Waals surface area contributed by atoms with E-state index in [2.05, 4.69) is 0 Å². The third-order valence-corrected chi connectivity index (χ3v) is 7.44. The van der Waals surface area contributed by atoms with Crippen LogP contribution in [-0.2, 0) is 14.4 Å². The van der Waals surface area contributed by atoms with Crippen molar-refractivity contribution in [2.45, 2.75) is 52.4 Å². The van der Waals surface area contributed by atoms with Crippen molar-refractivity contribution in [2.75, 3.05) is 36.0 Å². The Morgan fingerprint density at radius 2 is 1.70 bits per heavy atom. The second-order valence-corrected chi connectivity index (χ2v) is 9.24. The molecule has 0 bridgehead atoms. The van der Waals surface area contributed by atoms with Gasteiger partial charge < -0.3 is 9.80 Å². The molecule has 4 rings (SSSR count). The first-order chi connectivity index (χ1) is 15.9. The summed E-state index contributed by atoms with van der Waals surface area (Å²) in [6.45, 7) is 6.21. The van der Waals surface area contributed by atoms with Crippen molar-refractivity contribution in [1.82, 2.24) is 4.90 Å². The van der Waals surface area contributed by atoms with Gasteiger partial charge in [-0.2, -0.15) is 0 Å². The molecule has 9 heteroatoms. The normalized spacial score (nSPS) is 25.2. The van der Waals surface area contributed by atoms with Gasteiger partial charge in [0.1, 0.15) is 5.69 Å². The van der Waals surface area contributed by atoms with Crippen molar-refractivity contribution in [3.8, 4) is 0 Å². The predicted molar refractivity (Wildman–Crippen MR) is 124 cm³/mol. The summed E-state index contributed by atoms with van der Waals surface area (Å²) < 4.78 is 0. The Hall–Kier alpha value is -2.97. The van der Waals surface area contributed by atoms with Gasteiger partial charge in [-0.3, -0.25) is 24.5 Å². The number of hydrogen-bond acceptors (Lipinski definition) is 6. The molecule has 1 saturated carbocycles. The van der Waals surface area contributed by atoms with E-state index in [1.807, 2.05) is 18.7 Å². The zero-order chi connectivity index (χ0) is 23.7. The van der Waals surface area contributed by atoms with E-state index in [0.717, 1.165) is 30.6 Å². The second-order valence-electron chi connectivity index (χ2n) is 9.24. The highest BCUT2D eigenvalue weighted by molar-refractivity contribution is 6.22. The topological polar surface area (TPSA) is 104 Å². The monoisotopic (exact) mass is 456 g/mol. The summed E-state index contributed by atoms with van der Waals surface area (Å²) in [5.74, 6) is -1.22. The van der Waals surface area contributed by atoms with Gasteiger partial charge in [0.2, 0.25) is 17.7 Å². The van der Waals surface area contributed by atoms with Crippen LogP contribution < -0.4 is 9.80 Å². The number of nitro benzene ring substituents is 1. The summed E-state index contributed by atoms with van der Waals surface area (Å²) in [7, 11) is 0. The zero-order valence-corrected chi connectivity index (χ0v) is 19.4. The fraction of sp³-hybridized carbons (Fsp3) is 0.625. The average Bonchev–Trinajstić information content (AvgIpc) is 3.09. The van der Waals surface area contributed by atoms with Crippen LogP contribution in [0.4, 0.5) is 17.1 Å². The molecule has 3 aliphatic rings. The molecule has 0 radical (unpaired) electrons. The lowest BCUT2D eigenvalue weighted by Gasteiger charge is -2.35. The summed E-state index contributed by atoms with van der Waals surface area (Å²) >= 11 is 0. The molecule has 1 aliphatic carbocycles. The van der Waals surface area contributed by atoms with Gasteiger partial charge in [-0.05, 0) is 51.7 Å². The number of benzene rings is 1. The molecule has 0 unspecified atom stereocenters. The van der Waals surface area contributed by atoms with Gasteiger partial charge in [0.05, 0.1) is 28.4 Å². The average molecular weight is 457 g/mol. The first kappa shape index (κ1) is 23.2. The highest BCUT2D eigenvalue weighted by atomic mass is 16.6. The van der Waals surface area contributed by atoms with Gasteiger partial charge in [-0.25, -0.2) is 4.90 Å². The molecule has 2 heterocycles. The maximum atomic E-state index is 12.9. The van der Waals surface area contributed by atoms with Crippen molar-refractivity contribution >= 4 is 34.8 Å². The summed E-state index contributed by atoms with van der Waals surface area (Å²) in [6.07, 6.45) is 4.77. The molecular formula is C24H32N4O5. The Kier molecular flexibility index (Phi) is 6.67. The Balaban J connectivity index is 1.60. The van der Waals surface area contributed by atoms with Crippen LogP contribution in [0.1, 0.15) is 52.4 Å². The number of fused-ring (bicyclic) bond motifs is 1. The van der Waals surface area contributed by atoms with E-state index in [4.69, 9.17) is 0 Å². The number of hydrogen-bond donors (Lipinski definition) is 0. The quantitative estimate of drug-likeness (QED) is 0.369. The fourth-order valence-electron chi connectivity index (χ4n) is 5.67. The molecule has 3 fully saturated rings. The minimum Gasteiger partial charge on any atom is -0.365 e. The minimum atomic E-state index is -0.466. The second kappa shape index (κ2) is 9.49.